The van der Waals surface area contributed by atoms with Crippen LogP contribution in [0.3, 0.4) is 0 Å². The summed E-state index contributed by atoms with van der Waals surface area (Å²) in [6.45, 7) is 6.76. The van der Waals surface area contributed by atoms with Gasteiger partial charge in [0.1, 0.15) is 6.54 Å². The van der Waals surface area contributed by atoms with Gasteiger partial charge < -0.3 is 9.26 Å². The average molecular weight is 346 g/mol. The molecule has 24 heavy (non-hydrogen) atoms. The van der Waals surface area contributed by atoms with Gasteiger partial charge in [0.05, 0.1) is 0 Å². The van der Waals surface area contributed by atoms with E-state index in [1.807, 2.05) is 20.8 Å². The Kier molecular flexibility index (Phi) is 4.68. The minimum atomic E-state index is -4.56. The van der Waals surface area contributed by atoms with Crippen molar-refractivity contribution in [1.82, 2.24) is 19.9 Å². The van der Waals surface area contributed by atoms with Gasteiger partial charge in [-0.3, -0.25) is 9.48 Å². The van der Waals surface area contributed by atoms with Crippen molar-refractivity contribution in [2.45, 2.75) is 51.9 Å². The smallest absolute Gasteiger partial charge is 0.435 e. The number of hydrogen-bond acceptors (Lipinski definition) is 6. The molecule has 0 saturated heterocycles. The van der Waals surface area contributed by atoms with Crippen LogP contribution in [0, 0.1) is 0 Å². The summed E-state index contributed by atoms with van der Waals surface area (Å²) in [4.78, 5) is 16.0. The van der Waals surface area contributed by atoms with Gasteiger partial charge in [-0.2, -0.15) is 23.3 Å². The summed E-state index contributed by atoms with van der Waals surface area (Å²) in [5, 5.41) is 7.09. The summed E-state index contributed by atoms with van der Waals surface area (Å²) in [7, 11) is 0. The van der Waals surface area contributed by atoms with E-state index in [0.717, 1.165) is 16.9 Å². The molecule has 0 spiro atoms. The molecule has 0 fully saturated rings. The molecule has 0 aliphatic rings. The molecule has 132 valence electrons. The first-order chi connectivity index (χ1) is 11.0. The molecular formula is C14H17F3N4O3. The van der Waals surface area contributed by atoms with Gasteiger partial charge in [0.15, 0.2) is 17.6 Å². The summed E-state index contributed by atoms with van der Waals surface area (Å²) in [5.74, 6) is -0.193. The molecule has 0 aliphatic heterocycles. The van der Waals surface area contributed by atoms with Crippen LogP contribution in [0.4, 0.5) is 13.2 Å². The van der Waals surface area contributed by atoms with E-state index in [1.54, 1.807) is 0 Å². The molecule has 0 saturated carbocycles. The summed E-state index contributed by atoms with van der Waals surface area (Å²) in [6.07, 6.45) is -4.33. The first-order valence-electron chi connectivity index (χ1n) is 7.11. The number of rotatable bonds is 4. The first-order valence-corrected chi connectivity index (χ1v) is 7.11. The molecule has 2 aromatic rings. The fourth-order valence-electron chi connectivity index (χ4n) is 1.72. The molecule has 0 radical (unpaired) electrons. The van der Waals surface area contributed by atoms with Gasteiger partial charge in [-0.1, -0.05) is 25.9 Å². The molecule has 0 aliphatic carbocycles. The Morgan fingerprint density at radius 2 is 2.04 bits per heavy atom. The number of esters is 1. The summed E-state index contributed by atoms with van der Waals surface area (Å²) < 4.78 is 48.3. The van der Waals surface area contributed by atoms with E-state index in [1.165, 1.54) is 6.92 Å². The lowest BCUT2D eigenvalue weighted by Crippen LogP contribution is -2.17. The van der Waals surface area contributed by atoms with Crippen molar-refractivity contribution in [1.29, 1.82) is 0 Å². The molecule has 1 atom stereocenters. The van der Waals surface area contributed by atoms with Crippen molar-refractivity contribution in [2.24, 2.45) is 0 Å². The van der Waals surface area contributed by atoms with Crippen molar-refractivity contribution in [3.8, 4) is 0 Å². The van der Waals surface area contributed by atoms with E-state index >= 15 is 0 Å². The minimum absolute atomic E-state index is 0.115. The average Bonchev–Trinajstić information content (AvgIpc) is 3.04. The van der Waals surface area contributed by atoms with E-state index in [0.29, 0.717) is 5.82 Å². The monoisotopic (exact) mass is 346 g/mol. The number of ether oxygens (including phenoxy) is 1. The standard InChI is InChI=1S/C14H17F3N4O3/c1-8(11-18-12(20-24-11)13(2,3)4)23-10(22)7-21-6-5-9(19-21)14(15,16)17/h5-6,8H,7H2,1-4H3. The SMILES string of the molecule is CC(OC(=O)Cn1ccc(C(F)(F)F)n1)c1nc(C(C)(C)C)no1. The third kappa shape index (κ3) is 4.33. The van der Waals surface area contributed by atoms with E-state index < -0.39 is 30.5 Å². The number of carbonyl (C=O) groups excluding carboxylic acids is 1. The third-order valence-corrected chi connectivity index (χ3v) is 2.99. The van der Waals surface area contributed by atoms with Crippen molar-refractivity contribution in [2.75, 3.05) is 0 Å². The number of nitrogens with zero attached hydrogens (tertiary/aromatic N) is 4. The van der Waals surface area contributed by atoms with Gasteiger partial charge in [-0.25, -0.2) is 0 Å². The Morgan fingerprint density at radius 1 is 1.38 bits per heavy atom. The third-order valence-electron chi connectivity index (χ3n) is 2.99. The maximum absolute atomic E-state index is 12.4. The van der Waals surface area contributed by atoms with Crippen LogP contribution in [0.25, 0.3) is 0 Å². The van der Waals surface area contributed by atoms with Gasteiger partial charge in [0.2, 0.25) is 0 Å². The predicted octanol–water partition coefficient (Wildman–Crippen LogP) is 2.89. The van der Waals surface area contributed by atoms with E-state index in [2.05, 4.69) is 15.2 Å². The lowest BCUT2D eigenvalue weighted by Gasteiger charge is -2.11. The Morgan fingerprint density at radius 3 is 2.54 bits per heavy atom. The van der Waals surface area contributed by atoms with Gasteiger partial charge in [-0.15, -0.1) is 0 Å². The summed E-state index contributed by atoms with van der Waals surface area (Å²) >= 11 is 0. The maximum Gasteiger partial charge on any atom is 0.435 e. The molecule has 0 amide bonds. The summed E-state index contributed by atoms with van der Waals surface area (Å²) in [5.41, 5.74) is -1.40. The highest BCUT2D eigenvalue weighted by molar-refractivity contribution is 5.69. The Hall–Kier alpha value is -2.39. The van der Waals surface area contributed by atoms with Crippen molar-refractivity contribution in [3.05, 3.63) is 29.7 Å². The van der Waals surface area contributed by atoms with E-state index in [-0.39, 0.29) is 11.3 Å². The van der Waals surface area contributed by atoms with Gasteiger partial charge in [0, 0.05) is 11.6 Å². The lowest BCUT2D eigenvalue weighted by atomic mass is 9.96. The van der Waals surface area contributed by atoms with Crippen LogP contribution < -0.4 is 0 Å². The van der Waals surface area contributed by atoms with Crippen LogP contribution in [-0.2, 0) is 27.7 Å². The van der Waals surface area contributed by atoms with Crippen molar-refractivity contribution >= 4 is 5.97 Å². The fourth-order valence-corrected chi connectivity index (χ4v) is 1.72. The molecule has 0 aromatic carbocycles. The highest BCUT2D eigenvalue weighted by Gasteiger charge is 2.33. The van der Waals surface area contributed by atoms with Crippen molar-refractivity contribution < 1.29 is 27.2 Å². The number of alkyl halides is 3. The van der Waals surface area contributed by atoms with E-state index in [9.17, 15) is 18.0 Å². The zero-order valence-corrected chi connectivity index (χ0v) is 13.6. The molecule has 7 nitrogen and oxygen atoms in total. The van der Waals surface area contributed by atoms with Crippen molar-refractivity contribution in [3.63, 3.8) is 0 Å². The fraction of sp³-hybridized carbons (Fsp3) is 0.571. The van der Waals surface area contributed by atoms with E-state index in [4.69, 9.17) is 9.26 Å². The van der Waals surface area contributed by atoms with Gasteiger partial charge in [0.25, 0.3) is 5.89 Å². The molecular weight excluding hydrogens is 329 g/mol. The molecule has 2 rings (SSSR count). The molecule has 1 unspecified atom stereocenters. The number of carbonyl (C=O) groups is 1. The quantitative estimate of drug-likeness (QED) is 0.792. The van der Waals surface area contributed by atoms with Crippen LogP contribution in [-0.4, -0.2) is 25.9 Å². The van der Waals surface area contributed by atoms with Crippen LogP contribution in [0.15, 0.2) is 16.8 Å². The highest BCUT2D eigenvalue weighted by Crippen LogP contribution is 2.27. The van der Waals surface area contributed by atoms with Crippen LogP contribution in [0.2, 0.25) is 0 Å². The normalized spacial score (nSPS) is 13.8. The van der Waals surface area contributed by atoms with Crippen LogP contribution in [0.5, 0.6) is 0 Å². The molecule has 2 heterocycles. The number of hydrogen-bond donors (Lipinski definition) is 0. The second-order valence-electron chi connectivity index (χ2n) is 6.23. The largest absolute Gasteiger partial charge is 0.451 e. The molecule has 0 N–H and O–H groups in total. The van der Waals surface area contributed by atoms with Gasteiger partial charge in [-0.05, 0) is 13.0 Å². The molecule has 0 bridgehead atoms. The predicted molar refractivity (Wildman–Crippen MR) is 74.7 cm³/mol. The maximum atomic E-state index is 12.4. The zero-order valence-electron chi connectivity index (χ0n) is 13.6. The second-order valence-corrected chi connectivity index (χ2v) is 6.23. The zero-order chi connectivity index (χ0) is 18.1. The lowest BCUT2D eigenvalue weighted by molar-refractivity contribution is -0.151. The first kappa shape index (κ1) is 18.0. The summed E-state index contributed by atoms with van der Waals surface area (Å²) in [6, 6.07) is 0.782. The Labute approximate surface area is 135 Å². The number of halogens is 3. The van der Waals surface area contributed by atoms with Gasteiger partial charge >= 0.3 is 12.1 Å². The topological polar surface area (TPSA) is 83.0 Å². The highest BCUT2D eigenvalue weighted by atomic mass is 19.4. The Bertz CT molecular complexity index is 715. The Balaban J connectivity index is 1.97. The molecule has 2 aromatic heterocycles. The van der Waals surface area contributed by atoms with Crippen LogP contribution >= 0.6 is 0 Å². The minimum Gasteiger partial charge on any atom is -0.451 e. The number of aromatic nitrogens is 4. The second kappa shape index (κ2) is 6.25. The van der Waals surface area contributed by atoms with Crippen LogP contribution in [0.1, 0.15) is 51.2 Å². The molecule has 10 heteroatoms.